The van der Waals surface area contributed by atoms with E-state index in [1.54, 1.807) is 18.6 Å². The van der Waals surface area contributed by atoms with Gasteiger partial charge in [0.1, 0.15) is 12.1 Å². The van der Waals surface area contributed by atoms with Gasteiger partial charge in [-0.25, -0.2) is 4.98 Å². The maximum absolute atomic E-state index is 5.54. The predicted molar refractivity (Wildman–Crippen MR) is 43.6 cm³/mol. The Morgan fingerprint density at radius 2 is 2.50 bits per heavy atom. The third-order valence-corrected chi connectivity index (χ3v) is 1.69. The Labute approximate surface area is 73.6 Å². The van der Waals surface area contributed by atoms with Crippen LogP contribution in [0.3, 0.4) is 0 Å². The van der Waals surface area contributed by atoms with Gasteiger partial charge in [0.2, 0.25) is 0 Å². The lowest BCUT2D eigenvalue weighted by atomic mass is 10.3. The number of alkyl halides is 1. The molecule has 0 aromatic carbocycles. The quantitative estimate of drug-likeness (QED) is 0.723. The maximum atomic E-state index is 5.54. The summed E-state index contributed by atoms with van der Waals surface area (Å²) >= 11 is 5.54. The van der Waals surface area contributed by atoms with E-state index in [4.69, 9.17) is 16.0 Å². The SMILES string of the molecule is ClCc1nc(-c2ccoc2)n[nH]1. The Hall–Kier alpha value is -1.29. The number of aromatic nitrogens is 3. The van der Waals surface area contributed by atoms with Crippen molar-refractivity contribution >= 4 is 11.6 Å². The van der Waals surface area contributed by atoms with E-state index in [9.17, 15) is 0 Å². The summed E-state index contributed by atoms with van der Waals surface area (Å²) in [5, 5.41) is 6.66. The first kappa shape index (κ1) is 7.36. The molecule has 0 radical (unpaired) electrons. The van der Waals surface area contributed by atoms with Crippen LogP contribution < -0.4 is 0 Å². The number of hydrogen-bond donors (Lipinski definition) is 1. The van der Waals surface area contributed by atoms with E-state index in [2.05, 4.69) is 15.2 Å². The molecule has 4 nitrogen and oxygen atoms in total. The zero-order valence-electron chi connectivity index (χ0n) is 6.12. The molecule has 2 heterocycles. The fourth-order valence-corrected chi connectivity index (χ4v) is 0.995. The molecule has 5 heteroatoms. The van der Waals surface area contributed by atoms with E-state index in [-0.39, 0.29) is 0 Å². The van der Waals surface area contributed by atoms with Crippen LogP contribution in [0.1, 0.15) is 5.82 Å². The number of halogens is 1. The summed E-state index contributed by atoms with van der Waals surface area (Å²) in [4.78, 5) is 4.11. The van der Waals surface area contributed by atoms with Gasteiger partial charge >= 0.3 is 0 Å². The molecule has 0 saturated heterocycles. The Bertz CT molecular complexity index is 354. The number of aromatic amines is 1. The average molecular weight is 184 g/mol. The molecule has 0 aliphatic carbocycles. The first-order chi connectivity index (χ1) is 5.90. The van der Waals surface area contributed by atoms with Crippen molar-refractivity contribution in [1.82, 2.24) is 15.2 Å². The van der Waals surface area contributed by atoms with Gasteiger partial charge in [0.25, 0.3) is 0 Å². The van der Waals surface area contributed by atoms with Gasteiger partial charge in [0.05, 0.1) is 17.7 Å². The third-order valence-electron chi connectivity index (χ3n) is 1.44. The lowest BCUT2D eigenvalue weighted by Crippen LogP contribution is -1.78. The first-order valence-electron chi connectivity index (χ1n) is 3.40. The number of nitrogens with zero attached hydrogens (tertiary/aromatic N) is 2. The average Bonchev–Trinajstić information content (AvgIpc) is 2.75. The summed E-state index contributed by atoms with van der Waals surface area (Å²) in [6, 6.07) is 1.79. The van der Waals surface area contributed by atoms with Crippen LogP contribution in [-0.2, 0) is 5.88 Å². The van der Waals surface area contributed by atoms with E-state index in [1.165, 1.54) is 0 Å². The Kier molecular flexibility index (Phi) is 1.83. The monoisotopic (exact) mass is 183 g/mol. The third kappa shape index (κ3) is 1.21. The van der Waals surface area contributed by atoms with Crippen molar-refractivity contribution in [1.29, 1.82) is 0 Å². The molecule has 2 rings (SSSR count). The van der Waals surface area contributed by atoms with E-state index < -0.39 is 0 Å². The van der Waals surface area contributed by atoms with Crippen LogP contribution in [0, 0.1) is 0 Å². The van der Waals surface area contributed by atoms with Crippen LogP contribution in [0.25, 0.3) is 11.4 Å². The number of H-pyrrole nitrogens is 1. The lowest BCUT2D eigenvalue weighted by molar-refractivity contribution is 0.568. The smallest absolute Gasteiger partial charge is 0.184 e. The summed E-state index contributed by atoms with van der Waals surface area (Å²) < 4.78 is 4.88. The summed E-state index contributed by atoms with van der Waals surface area (Å²) in [5.74, 6) is 1.61. The fraction of sp³-hybridized carbons (Fsp3) is 0.143. The highest BCUT2D eigenvalue weighted by molar-refractivity contribution is 6.16. The van der Waals surface area contributed by atoms with E-state index >= 15 is 0 Å². The lowest BCUT2D eigenvalue weighted by Gasteiger charge is -1.82. The highest BCUT2D eigenvalue weighted by Gasteiger charge is 2.05. The van der Waals surface area contributed by atoms with Gasteiger partial charge in [-0.2, -0.15) is 5.10 Å². The molecule has 0 amide bonds. The number of furan rings is 1. The minimum atomic E-state index is 0.338. The van der Waals surface area contributed by atoms with Gasteiger partial charge < -0.3 is 4.42 Å². The molecule has 0 spiro atoms. The second kappa shape index (κ2) is 2.98. The predicted octanol–water partition coefficient (Wildman–Crippen LogP) is 1.80. The Morgan fingerprint density at radius 1 is 1.58 bits per heavy atom. The number of hydrogen-bond acceptors (Lipinski definition) is 3. The van der Waals surface area contributed by atoms with Gasteiger partial charge in [-0.3, -0.25) is 5.10 Å². The minimum absolute atomic E-state index is 0.338. The molecule has 0 aliphatic rings. The van der Waals surface area contributed by atoms with Crippen LogP contribution in [-0.4, -0.2) is 15.2 Å². The molecular weight excluding hydrogens is 178 g/mol. The minimum Gasteiger partial charge on any atom is -0.472 e. The fourth-order valence-electron chi connectivity index (χ4n) is 0.876. The van der Waals surface area contributed by atoms with E-state index in [0.29, 0.717) is 17.5 Å². The van der Waals surface area contributed by atoms with Gasteiger partial charge in [-0.1, -0.05) is 0 Å². The maximum Gasteiger partial charge on any atom is 0.184 e. The standard InChI is InChI=1S/C7H6ClN3O/c8-3-6-9-7(11-10-6)5-1-2-12-4-5/h1-2,4H,3H2,(H,9,10,11). The molecule has 0 saturated carbocycles. The molecule has 0 bridgehead atoms. The van der Waals surface area contributed by atoms with E-state index in [0.717, 1.165) is 5.56 Å². The van der Waals surface area contributed by atoms with Gasteiger partial charge in [-0.15, -0.1) is 11.6 Å². The molecule has 0 atom stereocenters. The van der Waals surface area contributed by atoms with Crippen LogP contribution in [0.5, 0.6) is 0 Å². The number of nitrogens with one attached hydrogen (secondary N) is 1. The largest absolute Gasteiger partial charge is 0.472 e. The summed E-state index contributed by atoms with van der Waals surface area (Å²) in [7, 11) is 0. The summed E-state index contributed by atoms with van der Waals surface area (Å²) in [6.07, 6.45) is 3.16. The second-order valence-electron chi connectivity index (χ2n) is 2.25. The van der Waals surface area contributed by atoms with Crippen molar-refractivity contribution in [2.45, 2.75) is 5.88 Å². The van der Waals surface area contributed by atoms with Crippen LogP contribution in [0.15, 0.2) is 23.0 Å². The summed E-state index contributed by atoms with van der Waals surface area (Å²) in [6.45, 7) is 0. The van der Waals surface area contributed by atoms with Gasteiger partial charge in [0, 0.05) is 0 Å². The van der Waals surface area contributed by atoms with Crippen LogP contribution in [0.2, 0.25) is 0 Å². The van der Waals surface area contributed by atoms with E-state index in [1.807, 2.05) is 0 Å². The molecule has 0 aliphatic heterocycles. The molecule has 1 N–H and O–H groups in total. The molecule has 2 aromatic rings. The van der Waals surface area contributed by atoms with Crippen molar-refractivity contribution < 1.29 is 4.42 Å². The zero-order valence-corrected chi connectivity index (χ0v) is 6.88. The van der Waals surface area contributed by atoms with Crippen molar-refractivity contribution in [3.63, 3.8) is 0 Å². The van der Waals surface area contributed by atoms with Crippen molar-refractivity contribution in [3.05, 3.63) is 24.4 Å². The van der Waals surface area contributed by atoms with Gasteiger partial charge in [0.15, 0.2) is 5.82 Å². The van der Waals surface area contributed by atoms with Crippen molar-refractivity contribution in [2.75, 3.05) is 0 Å². The highest BCUT2D eigenvalue weighted by Crippen LogP contribution is 2.14. The Balaban J connectivity index is 2.35. The topological polar surface area (TPSA) is 54.7 Å². The first-order valence-corrected chi connectivity index (χ1v) is 3.93. The van der Waals surface area contributed by atoms with Crippen LogP contribution in [0.4, 0.5) is 0 Å². The molecule has 0 fully saturated rings. The van der Waals surface area contributed by atoms with Crippen LogP contribution >= 0.6 is 11.6 Å². The molecule has 62 valence electrons. The number of rotatable bonds is 2. The van der Waals surface area contributed by atoms with Gasteiger partial charge in [-0.05, 0) is 6.07 Å². The zero-order chi connectivity index (χ0) is 8.39. The molecule has 2 aromatic heterocycles. The summed E-state index contributed by atoms with van der Waals surface area (Å²) in [5.41, 5.74) is 0.850. The molecule has 0 unspecified atom stereocenters. The normalized spacial score (nSPS) is 10.4. The highest BCUT2D eigenvalue weighted by atomic mass is 35.5. The Morgan fingerprint density at radius 3 is 3.08 bits per heavy atom. The molecule has 12 heavy (non-hydrogen) atoms. The van der Waals surface area contributed by atoms with Crippen molar-refractivity contribution in [2.24, 2.45) is 0 Å². The molecular formula is C7H6ClN3O. The second-order valence-corrected chi connectivity index (χ2v) is 2.52. The van der Waals surface area contributed by atoms with Crippen molar-refractivity contribution in [3.8, 4) is 11.4 Å².